The minimum Gasteiger partial charge on any atom is -0.494 e. The average molecular weight is 335 g/mol. The second-order valence-corrected chi connectivity index (χ2v) is 5.52. The molecule has 0 saturated heterocycles. The number of nitrogens with zero attached hydrogens (tertiary/aromatic N) is 1. The Morgan fingerprint density at radius 1 is 1.14 bits per heavy atom. The Balaban J connectivity index is 2.08. The summed E-state index contributed by atoms with van der Waals surface area (Å²) in [4.78, 5) is 7.24. The van der Waals surface area contributed by atoms with Crippen molar-refractivity contribution in [1.82, 2.24) is 4.98 Å². The van der Waals surface area contributed by atoms with Crippen LogP contribution < -0.4 is 4.74 Å². The van der Waals surface area contributed by atoms with Crippen LogP contribution in [0.15, 0.2) is 41.4 Å². The first kappa shape index (κ1) is 14.8. The predicted octanol–water partition coefficient (Wildman–Crippen LogP) is 4.94. The van der Waals surface area contributed by atoms with E-state index in [1.165, 1.54) is 0 Å². The van der Waals surface area contributed by atoms with Crippen molar-refractivity contribution >= 4 is 46.0 Å². The van der Waals surface area contributed by atoms with Crippen LogP contribution in [0.1, 0.15) is 5.56 Å². The number of methoxy groups -OCH3 is 1. The molecule has 0 bridgehead atoms. The number of aliphatic imine (C=N–C) groups is 1. The zero-order valence-corrected chi connectivity index (χ0v) is 13.1. The molecular weight excluding hydrogens is 323 g/mol. The fraction of sp³-hybridized carbons (Fsp3) is 0.0625. The summed E-state index contributed by atoms with van der Waals surface area (Å²) < 4.78 is 5.24. The zero-order valence-electron chi connectivity index (χ0n) is 11.6. The van der Waals surface area contributed by atoms with E-state index in [4.69, 9.17) is 27.9 Å². The number of aromatic amines is 1. The molecule has 0 aliphatic heterocycles. The van der Waals surface area contributed by atoms with Gasteiger partial charge in [-0.3, -0.25) is 4.99 Å². The standard InChI is InChI=1S/C16H12Cl2N2O2/c1-22-15-5-3-10(18)7-14(15)19-8-12-11-6-9(17)2-4-13(11)20-16(12)21/h2-8,20-21H,1H3. The van der Waals surface area contributed by atoms with Crippen molar-refractivity contribution in [2.75, 3.05) is 7.11 Å². The highest BCUT2D eigenvalue weighted by Gasteiger charge is 2.10. The van der Waals surface area contributed by atoms with Crippen LogP contribution in [0.4, 0.5) is 5.69 Å². The van der Waals surface area contributed by atoms with Crippen molar-refractivity contribution in [2.24, 2.45) is 4.99 Å². The minimum absolute atomic E-state index is 0.0296. The van der Waals surface area contributed by atoms with Crippen LogP contribution in [0, 0.1) is 0 Å². The van der Waals surface area contributed by atoms with Crippen LogP contribution in [-0.4, -0.2) is 23.4 Å². The summed E-state index contributed by atoms with van der Waals surface area (Å²) in [6.45, 7) is 0. The Labute approximate surface area is 137 Å². The second-order valence-electron chi connectivity index (χ2n) is 4.65. The Morgan fingerprint density at radius 2 is 1.86 bits per heavy atom. The van der Waals surface area contributed by atoms with E-state index in [1.54, 1.807) is 49.7 Å². The van der Waals surface area contributed by atoms with Gasteiger partial charge >= 0.3 is 0 Å². The first-order valence-electron chi connectivity index (χ1n) is 6.46. The van der Waals surface area contributed by atoms with Crippen LogP contribution in [-0.2, 0) is 0 Å². The molecule has 0 amide bonds. The molecule has 2 N–H and O–H groups in total. The number of H-pyrrole nitrogens is 1. The van der Waals surface area contributed by atoms with Crippen molar-refractivity contribution < 1.29 is 9.84 Å². The van der Waals surface area contributed by atoms with Gasteiger partial charge in [0.1, 0.15) is 11.4 Å². The molecule has 1 aromatic heterocycles. The van der Waals surface area contributed by atoms with Crippen LogP contribution in [0.2, 0.25) is 10.0 Å². The number of benzene rings is 2. The number of ether oxygens (including phenoxy) is 1. The van der Waals surface area contributed by atoms with Gasteiger partial charge in [0.25, 0.3) is 0 Å². The number of nitrogens with one attached hydrogen (secondary N) is 1. The molecular formula is C16H12Cl2N2O2. The number of hydrogen-bond donors (Lipinski definition) is 2. The van der Waals surface area contributed by atoms with Gasteiger partial charge in [0, 0.05) is 27.2 Å². The average Bonchev–Trinajstić information content (AvgIpc) is 2.80. The summed E-state index contributed by atoms with van der Waals surface area (Å²) in [5.74, 6) is 0.625. The maximum atomic E-state index is 10.0. The molecule has 6 heteroatoms. The maximum absolute atomic E-state index is 10.0. The van der Waals surface area contributed by atoms with Crippen LogP contribution in [0.3, 0.4) is 0 Å². The number of fused-ring (bicyclic) bond motifs is 1. The normalized spacial score (nSPS) is 11.4. The minimum atomic E-state index is 0.0296. The molecule has 0 saturated carbocycles. The van der Waals surface area contributed by atoms with Crippen molar-refractivity contribution in [3.8, 4) is 11.6 Å². The summed E-state index contributed by atoms with van der Waals surface area (Å²) in [7, 11) is 1.56. The largest absolute Gasteiger partial charge is 0.494 e. The van der Waals surface area contributed by atoms with Gasteiger partial charge < -0.3 is 14.8 Å². The number of aromatic hydroxyl groups is 1. The van der Waals surface area contributed by atoms with E-state index in [2.05, 4.69) is 9.98 Å². The smallest absolute Gasteiger partial charge is 0.198 e. The summed E-state index contributed by atoms with van der Waals surface area (Å²) in [5.41, 5.74) is 1.91. The SMILES string of the molecule is COc1ccc(Cl)cc1N=Cc1c(O)[nH]c2ccc(Cl)cc12. The lowest BCUT2D eigenvalue weighted by molar-refractivity contribution is 0.416. The molecule has 0 atom stereocenters. The third-order valence-electron chi connectivity index (χ3n) is 3.25. The molecule has 4 nitrogen and oxygen atoms in total. The molecule has 0 spiro atoms. The fourth-order valence-corrected chi connectivity index (χ4v) is 2.54. The maximum Gasteiger partial charge on any atom is 0.198 e. The summed E-state index contributed by atoms with van der Waals surface area (Å²) >= 11 is 12.0. The monoisotopic (exact) mass is 334 g/mol. The first-order valence-corrected chi connectivity index (χ1v) is 7.22. The zero-order chi connectivity index (χ0) is 15.7. The lowest BCUT2D eigenvalue weighted by atomic mass is 10.2. The summed E-state index contributed by atoms with van der Waals surface area (Å²) in [6.07, 6.45) is 1.55. The van der Waals surface area contributed by atoms with E-state index < -0.39 is 0 Å². The summed E-state index contributed by atoms with van der Waals surface area (Å²) in [5, 5.41) is 12.0. The van der Waals surface area contributed by atoms with E-state index in [-0.39, 0.29) is 5.88 Å². The number of halogens is 2. The van der Waals surface area contributed by atoms with E-state index in [0.29, 0.717) is 27.0 Å². The lowest BCUT2D eigenvalue weighted by Crippen LogP contribution is -1.84. The molecule has 0 aliphatic carbocycles. The highest BCUT2D eigenvalue weighted by molar-refractivity contribution is 6.31. The van der Waals surface area contributed by atoms with Gasteiger partial charge in [-0.15, -0.1) is 0 Å². The van der Waals surface area contributed by atoms with Gasteiger partial charge in [-0.25, -0.2) is 0 Å². The molecule has 2 aromatic carbocycles. The highest BCUT2D eigenvalue weighted by Crippen LogP contribution is 2.32. The molecule has 112 valence electrons. The van der Waals surface area contributed by atoms with Gasteiger partial charge in [-0.2, -0.15) is 0 Å². The summed E-state index contributed by atoms with van der Waals surface area (Å²) in [6, 6.07) is 10.5. The Morgan fingerprint density at radius 3 is 2.64 bits per heavy atom. The quantitative estimate of drug-likeness (QED) is 0.666. The molecule has 3 aromatic rings. The molecule has 0 radical (unpaired) electrons. The van der Waals surface area contributed by atoms with Crippen LogP contribution >= 0.6 is 23.2 Å². The molecule has 0 aliphatic rings. The van der Waals surface area contributed by atoms with Crippen molar-refractivity contribution in [1.29, 1.82) is 0 Å². The van der Waals surface area contributed by atoms with Gasteiger partial charge in [-0.1, -0.05) is 23.2 Å². The first-order chi connectivity index (χ1) is 10.6. The van der Waals surface area contributed by atoms with E-state index in [9.17, 15) is 5.11 Å². The van der Waals surface area contributed by atoms with E-state index >= 15 is 0 Å². The third-order valence-corrected chi connectivity index (χ3v) is 3.72. The van der Waals surface area contributed by atoms with Gasteiger partial charge in [0.05, 0.1) is 12.7 Å². The van der Waals surface area contributed by atoms with Crippen LogP contribution in [0.25, 0.3) is 10.9 Å². The topological polar surface area (TPSA) is 57.6 Å². The third kappa shape index (κ3) is 2.75. The van der Waals surface area contributed by atoms with Crippen molar-refractivity contribution in [3.63, 3.8) is 0 Å². The number of aromatic nitrogens is 1. The Hall–Kier alpha value is -2.17. The van der Waals surface area contributed by atoms with Gasteiger partial charge in [0.15, 0.2) is 5.88 Å². The predicted molar refractivity (Wildman–Crippen MR) is 90.2 cm³/mol. The number of rotatable bonds is 3. The molecule has 22 heavy (non-hydrogen) atoms. The fourth-order valence-electron chi connectivity index (χ4n) is 2.20. The lowest BCUT2D eigenvalue weighted by Gasteiger charge is -2.04. The van der Waals surface area contributed by atoms with Crippen molar-refractivity contribution in [2.45, 2.75) is 0 Å². The van der Waals surface area contributed by atoms with E-state index in [0.717, 1.165) is 10.9 Å². The van der Waals surface area contributed by atoms with Gasteiger partial charge in [-0.05, 0) is 36.4 Å². The number of hydrogen-bond acceptors (Lipinski definition) is 3. The van der Waals surface area contributed by atoms with Gasteiger partial charge in [0.2, 0.25) is 0 Å². The molecule has 0 unspecified atom stereocenters. The highest BCUT2D eigenvalue weighted by atomic mass is 35.5. The van der Waals surface area contributed by atoms with E-state index in [1.807, 2.05) is 0 Å². The second kappa shape index (κ2) is 5.91. The molecule has 1 heterocycles. The van der Waals surface area contributed by atoms with Crippen LogP contribution in [0.5, 0.6) is 11.6 Å². The van der Waals surface area contributed by atoms with Crippen molar-refractivity contribution in [3.05, 3.63) is 52.0 Å². The Bertz CT molecular complexity index is 872. The molecule has 3 rings (SSSR count). The molecule has 0 fully saturated rings. The Kier molecular flexibility index (Phi) is 3.96.